The van der Waals surface area contributed by atoms with Crippen LogP contribution in [0.15, 0.2) is 18.2 Å². The Morgan fingerprint density at radius 2 is 1.74 bits per heavy atom. The summed E-state index contributed by atoms with van der Waals surface area (Å²) in [6, 6.07) is 4.96. The molecule has 128 valence electrons. The molecule has 5 heteroatoms. The summed E-state index contributed by atoms with van der Waals surface area (Å²) in [4.78, 5) is 21.1. The smallest absolute Gasteiger partial charge is 0.300 e. The van der Waals surface area contributed by atoms with E-state index in [0.717, 1.165) is 25.3 Å². The molecule has 0 bridgehead atoms. The van der Waals surface area contributed by atoms with E-state index >= 15 is 0 Å². The first-order valence-electron chi connectivity index (χ1n) is 7.85. The van der Waals surface area contributed by atoms with Crippen LogP contribution in [0.1, 0.15) is 74.7 Å². The van der Waals surface area contributed by atoms with Gasteiger partial charge in [-0.3, -0.25) is 9.59 Å². The second kappa shape index (κ2) is 8.57. The minimum atomic E-state index is -0.833. The van der Waals surface area contributed by atoms with Gasteiger partial charge in [0, 0.05) is 12.5 Å². The highest BCUT2D eigenvalue weighted by molar-refractivity contribution is 9.10. The van der Waals surface area contributed by atoms with Crippen molar-refractivity contribution >= 4 is 27.7 Å². The minimum Gasteiger partial charge on any atom is -0.481 e. The number of aliphatic carboxylic acids is 1. The molecular formula is C18H24BrFO3. The maximum absolute atomic E-state index is 14.2. The molecule has 3 nitrogen and oxygen atoms in total. The van der Waals surface area contributed by atoms with Gasteiger partial charge in [-0.25, -0.2) is 4.39 Å². The molecule has 1 aliphatic rings. The lowest BCUT2D eigenvalue weighted by atomic mass is 9.83. The van der Waals surface area contributed by atoms with Crippen molar-refractivity contribution in [1.29, 1.82) is 0 Å². The summed E-state index contributed by atoms with van der Waals surface area (Å²) in [5.41, 5.74) is 1.22. The number of rotatable bonds is 3. The van der Waals surface area contributed by atoms with Gasteiger partial charge >= 0.3 is 0 Å². The Morgan fingerprint density at radius 3 is 2.17 bits per heavy atom. The number of ketones is 1. The molecule has 1 aromatic rings. The van der Waals surface area contributed by atoms with Crippen LogP contribution in [-0.4, -0.2) is 21.2 Å². The molecule has 0 unspecified atom stereocenters. The molecule has 0 atom stereocenters. The Bertz CT molecular complexity index is 554. The summed E-state index contributed by atoms with van der Waals surface area (Å²) in [7, 11) is 0. The lowest BCUT2D eigenvalue weighted by molar-refractivity contribution is -0.134. The van der Waals surface area contributed by atoms with Crippen molar-refractivity contribution in [3.05, 3.63) is 35.1 Å². The maximum atomic E-state index is 14.2. The van der Waals surface area contributed by atoms with Crippen molar-refractivity contribution in [3.63, 3.8) is 0 Å². The lowest BCUT2D eigenvalue weighted by Crippen LogP contribution is -2.24. The van der Waals surface area contributed by atoms with Gasteiger partial charge in [0.15, 0.2) is 5.78 Å². The number of Topliss-reactive ketones (excluding diaryl/α,β-unsaturated/α-hetero) is 1. The number of carbonyl (C=O) groups excluding carboxylic acids is 1. The molecule has 0 radical (unpaired) electrons. The fraction of sp³-hybridized carbons (Fsp3) is 0.556. The molecule has 1 saturated carbocycles. The third kappa shape index (κ3) is 6.42. The molecule has 0 heterocycles. The first-order chi connectivity index (χ1) is 10.6. The molecule has 1 aromatic carbocycles. The van der Waals surface area contributed by atoms with Gasteiger partial charge in [0.25, 0.3) is 5.97 Å². The molecule has 1 N–H and O–H groups in total. The highest BCUT2D eigenvalue weighted by Crippen LogP contribution is 2.34. The first kappa shape index (κ1) is 19.8. The number of hydrogen-bond acceptors (Lipinski definition) is 2. The van der Waals surface area contributed by atoms with E-state index < -0.39 is 10.3 Å². The van der Waals surface area contributed by atoms with Crippen molar-refractivity contribution in [3.8, 4) is 0 Å². The van der Waals surface area contributed by atoms with Crippen molar-refractivity contribution in [2.45, 2.75) is 63.1 Å². The Balaban J connectivity index is 0.000000593. The van der Waals surface area contributed by atoms with Gasteiger partial charge in [-0.05, 0) is 44.2 Å². The molecule has 0 aromatic heterocycles. The zero-order valence-electron chi connectivity index (χ0n) is 13.9. The predicted octanol–water partition coefficient (Wildman–Crippen LogP) is 5.32. The monoisotopic (exact) mass is 386 g/mol. The van der Waals surface area contributed by atoms with Crippen LogP contribution in [0.5, 0.6) is 0 Å². The van der Waals surface area contributed by atoms with Gasteiger partial charge in [-0.2, -0.15) is 0 Å². The zero-order chi connectivity index (χ0) is 17.6. The van der Waals surface area contributed by atoms with Gasteiger partial charge < -0.3 is 5.11 Å². The Labute approximate surface area is 145 Å². The van der Waals surface area contributed by atoms with E-state index in [2.05, 4.69) is 15.9 Å². The van der Waals surface area contributed by atoms with Crippen LogP contribution in [0.3, 0.4) is 0 Å². The van der Waals surface area contributed by atoms with Crippen LogP contribution in [0.4, 0.5) is 4.39 Å². The largest absolute Gasteiger partial charge is 0.481 e. The quantitative estimate of drug-likeness (QED) is 0.564. The van der Waals surface area contributed by atoms with Crippen molar-refractivity contribution in [1.82, 2.24) is 0 Å². The number of carboxylic acids is 1. The fourth-order valence-corrected chi connectivity index (χ4v) is 2.99. The Kier molecular flexibility index (Phi) is 7.39. The van der Waals surface area contributed by atoms with Gasteiger partial charge in [-0.1, -0.05) is 47.3 Å². The Morgan fingerprint density at radius 1 is 1.22 bits per heavy atom. The number of alkyl halides is 1. The summed E-state index contributed by atoms with van der Waals surface area (Å²) in [6.45, 7) is 4.64. The average Bonchev–Trinajstić information content (AvgIpc) is 2.45. The van der Waals surface area contributed by atoms with Crippen LogP contribution in [0.2, 0.25) is 0 Å². The van der Waals surface area contributed by atoms with Gasteiger partial charge in [-0.15, -0.1) is 0 Å². The average molecular weight is 387 g/mol. The second-order valence-corrected chi connectivity index (χ2v) is 8.37. The Hall–Kier alpha value is -1.23. The zero-order valence-corrected chi connectivity index (χ0v) is 15.5. The van der Waals surface area contributed by atoms with E-state index in [0.29, 0.717) is 11.5 Å². The number of benzene rings is 1. The molecule has 23 heavy (non-hydrogen) atoms. The molecular weight excluding hydrogens is 363 g/mol. The van der Waals surface area contributed by atoms with Crippen LogP contribution >= 0.6 is 15.9 Å². The topological polar surface area (TPSA) is 54.4 Å². The number of halogens is 2. The summed E-state index contributed by atoms with van der Waals surface area (Å²) in [6.07, 6.45) is 5.74. The van der Waals surface area contributed by atoms with E-state index in [1.54, 1.807) is 26.0 Å². The summed E-state index contributed by atoms with van der Waals surface area (Å²) >= 11 is 3.33. The highest BCUT2D eigenvalue weighted by atomic mass is 79.9. The van der Waals surface area contributed by atoms with Crippen LogP contribution in [-0.2, 0) is 4.79 Å². The van der Waals surface area contributed by atoms with Gasteiger partial charge in [0.2, 0.25) is 0 Å². The van der Waals surface area contributed by atoms with E-state index in [-0.39, 0.29) is 11.6 Å². The van der Waals surface area contributed by atoms with Crippen LogP contribution in [0, 0.1) is 5.82 Å². The third-order valence-electron chi connectivity index (χ3n) is 3.85. The van der Waals surface area contributed by atoms with E-state index in [1.165, 1.54) is 25.3 Å². The van der Waals surface area contributed by atoms with E-state index in [9.17, 15) is 9.18 Å². The van der Waals surface area contributed by atoms with E-state index in [4.69, 9.17) is 9.90 Å². The van der Waals surface area contributed by atoms with E-state index in [1.807, 2.05) is 0 Å². The summed E-state index contributed by atoms with van der Waals surface area (Å²) < 4.78 is 13.6. The summed E-state index contributed by atoms with van der Waals surface area (Å²) in [5, 5.41) is 7.42. The predicted molar refractivity (Wildman–Crippen MR) is 92.9 cm³/mol. The highest BCUT2D eigenvalue weighted by Gasteiger charge is 2.26. The lowest BCUT2D eigenvalue weighted by Gasteiger charge is -2.23. The standard InChI is InChI=1S/C16H20BrFO.C2H4O2/c1-16(2,17)15(19)12-8-9-13(14(18)10-12)11-6-4-3-5-7-11;1-2(3)4/h8-11H,3-7H2,1-2H3;1H3,(H,3,4). The van der Waals surface area contributed by atoms with Crippen molar-refractivity contribution in [2.75, 3.05) is 0 Å². The van der Waals surface area contributed by atoms with Crippen LogP contribution in [0.25, 0.3) is 0 Å². The SMILES string of the molecule is CC(=O)O.CC(C)(Br)C(=O)c1ccc(C2CCCCC2)c(F)c1. The minimum absolute atomic E-state index is 0.0819. The maximum Gasteiger partial charge on any atom is 0.300 e. The molecule has 0 saturated heterocycles. The van der Waals surface area contributed by atoms with Crippen molar-refractivity contribution < 1.29 is 19.1 Å². The normalized spacial score (nSPS) is 15.5. The number of carbonyl (C=O) groups is 2. The molecule has 0 amide bonds. The van der Waals surface area contributed by atoms with Crippen molar-refractivity contribution in [2.24, 2.45) is 0 Å². The molecule has 1 aliphatic carbocycles. The van der Waals surface area contributed by atoms with Gasteiger partial charge in [0.1, 0.15) is 5.82 Å². The van der Waals surface area contributed by atoms with Crippen LogP contribution < -0.4 is 0 Å². The number of hydrogen-bond donors (Lipinski definition) is 1. The molecule has 1 fully saturated rings. The molecule has 0 spiro atoms. The van der Waals surface area contributed by atoms with Gasteiger partial charge in [0.05, 0.1) is 4.32 Å². The summed E-state index contributed by atoms with van der Waals surface area (Å²) in [5.74, 6) is -0.814. The molecule has 0 aliphatic heterocycles. The second-order valence-electron chi connectivity index (χ2n) is 6.39. The molecule has 2 rings (SSSR count). The first-order valence-corrected chi connectivity index (χ1v) is 8.65. The fourth-order valence-electron chi connectivity index (χ4n) is 2.76. The number of carboxylic acid groups (broad SMARTS) is 1. The third-order valence-corrected chi connectivity index (χ3v) is 4.21.